The molecule has 3 rings (SSSR count). The van der Waals surface area contributed by atoms with Crippen molar-refractivity contribution in [2.24, 2.45) is 11.7 Å². The number of nitrogens with zero attached hydrogens (tertiary/aromatic N) is 1. The lowest BCUT2D eigenvalue weighted by Gasteiger charge is -2.36. The summed E-state index contributed by atoms with van der Waals surface area (Å²) in [7, 11) is 0. The van der Waals surface area contributed by atoms with E-state index in [1.807, 2.05) is 0 Å². The summed E-state index contributed by atoms with van der Waals surface area (Å²) in [6, 6.07) is 7.49. The van der Waals surface area contributed by atoms with Crippen LogP contribution in [-0.2, 0) is 6.42 Å². The van der Waals surface area contributed by atoms with Crippen LogP contribution in [0.3, 0.4) is 0 Å². The molecule has 1 fully saturated rings. The van der Waals surface area contributed by atoms with Crippen molar-refractivity contribution < 1.29 is 0 Å². The Morgan fingerprint density at radius 1 is 1.21 bits per heavy atom. The topological polar surface area (TPSA) is 29.3 Å². The number of halogens is 1. The molecule has 1 aliphatic heterocycles. The molecule has 1 aliphatic carbocycles. The van der Waals surface area contributed by atoms with Crippen molar-refractivity contribution in [1.82, 2.24) is 4.90 Å². The van der Waals surface area contributed by atoms with Gasteiger partial charge in [0.15, 0.2) is 0 Å². The van der Waals surface area contributed by atoms with Crippen LogP contribution in [0.25, 0.3) is 0 Å². The molecule has 104 valence electrons. The number of rotatable bonds is 3. The predicted molar refractivity (Wildman–Crippen MR) is 83.2 cm³/mol. The van der Waals surface area contributed by atoms with Gasteiger partial charge in [-0.05, 0) is 80.9 Å². The van der Waals surface area contributed by atoms with Gasteiger partial charge in [-0.15, -0.1) is 0 Å². The molecular weight excluding hydrogens is 300 g/mol. The zero-order chi connectivity index (χ0) is 13.2. The van der Waals surface area contributed by atoms with E-state index in [-0.39, 0.29) is 0 Å². The first-order chi connectivity index (χ1) is 9.28. The Balaban J connectivity index is 1.66. The van der Waals surface area contributed by atoms with Gasteiger partial charge in [-0.1, -0.05) is 22.0 Å². The van der Waals surface area contributed by atoms with Crippen molar-refractivity contribution in [3.8, 4) is 0 Å². The fourth-order valence-corrected chi connectivity index (χ4v) is 4.14. The lowest BCUT2D eigenvalue weighted by Crippen LogP contribution is -2.36. The van der Waals surface area contributed by atoms with E-state index in [1.165, 1.54) is 49.7 Å². The second-order valence-corrected chi connectivity index (χ2v) is 6.87. The Kier molecular flexibility index (Phi) is 4.25. The molecule has 2 aliphatic rings. The maximum Gasteiger partial charge on any atom is 0.0354 e. The molecule has 0 bridgehead atoms. The smallest absolute Gasteiger partial charge is 0.0354 e. The molecule has 19 heavy (non-hydrogen) atoms. The van der Waals surface area contributed by atoms with Crippen LogP contribution >= 0.6 is 15.9 Å². The van der Waals surface area contributed by atoms with Crippen LogP contribution < -0.4 is 5.73 Å². The zero-order valence-electron chi connectivity index (χ0n) is 11.4. The highest BCUT2D eigenvalue weighted by molar-refractivity contribution is 9.10. The van der Waals surface area contributed by atoms with Crippen molar-refractivity contribution in [2.75, 3.05) is 19.6 Å². The summed E-state index contributed by atoms with van der Waals surface area (Å²) in [6.45, 7) is 3.36. The third kappa shape index (κ3) is 2.88. The first kappa shape index (κ1) is 13.6. The van der Waals surface area contributed by atoms with E-state index in [1.54, 1.807) is 11.1 Å². The summed E-state index contributed by atoms with van der Waals surface area (Å²) < 4.78 is 1.22. The highest BCUT2D eigenvalue weighted by Crippen LogP contribution is 2.38. The maximum absolute atomic E-state index is 5.68. The summed E-state index contributed by atoms with van der Waals surface area (Å²) in [4.78, 5) is 2.70. The predicted octanol–water partition coefficient (Wildman–Crippen LogP) is 3.50. The van der Waals surface area contributed by atoms with E-state index in [4.69, 9.17) is 5.73 Å². The standard InChI is InChI=1S/C16H23BrN2/c17-14-2-3-15-13(11-14)1-4-16(15)19-9-6-12(5-8-18)7-10-19/h2-3,11-12,16H,1,4-10,18H2. The van der Waals surface area contributed by atoms with E-state index in [2.05, 4.69) is 39.0 Å². The number of piperidine rings is 1. The van der Waals surface area contributed by atoms with Crippen molar-refractivity contribution in [2.45, 2.75) is 38.1 Å². The van der Waals surface area contributed by atoms with Crippen LogP contribution in [0.2, 0.25) is 0 Å². The summed E-state index contributed by atoms with van der Waals surface area (Å²) in [6.07, 6.45) is 6.41. The van der Waals surface area contributed by atoms with Gasteiger partial charge in [0.05, 0.1) is 0 Å². The fraction of sp³-hybridized carbons (Fsp3) is 0.625. The van der Waals surface area contributed by atoms with Crippen LogP contribution in [0.15, 0.2) is 22.7 Å². The number of hydrogen-bond acceptors (Lipinski definition) is 2. The molecule has 1 saturated heterocycles. The minimum Gasteiger partial charge on any atom is -0.330 e. The number of aryl methyl sites for hydroxylation is 1. The van der Waals surface area contributed by atoms with Gasteiger partial charge in [-0.3, -0.25) is 4.90 Å². The number of likely N-dealkylation sites (tertiary alicyclic amines) is 1. The van der Waals surface area contributed by atoms with Crippen LogP contribution in [0, 0.1) is 5.92 Å². The molecule has 0 radical (unpaired) electrons. The van der Waals surface area contributed by atoms with Crippen molar-refractivity contribution >= 4 is 15.9 Å². The molecule has 1 aromatic carbocycles. The Morgan fingerprint density at radius 2 is 2.00 bits per heavy atom. The van der Waals surface area contributed by atoms with Gasteiger partial charge in [-0.25, -0.2) is 0 Å². The molecule has 1 atom stereocenters. The van der Waals surface area contributed by atoms with E-state index in [9.17, 15) is 0 Å². The third-order valence-corrected chi connectivity index (χ3v) is 5.31. The molecule has 2 nitrogen and oxygen atoms in total. The van der Waals surface area contributed by atoms with Crippen LogP contribution in [-0.4, -0.2) is 24.5 Å². The van der Waals surface area contributed by atoms with Crippen molar-refractivity contribution in [1.29, 1.82) is 0 Å². The van der Waals surface area contributed by atoms with Crippen LogP contribution in [0.1, 0.15) is 42.9 Å². The minimum absolute atomic E-state index is 0.668. The molecule has 0 spiro atoms. The Hall–Kier alpha value is -0.380. The fourth-order valence-electron chi connectivity index (χ4n) is 3.73. The molecule has 0 saturated carbocycles. The van der Waals surface area contributed by atoms with E-state index in [0.29, 0.717) is 6.04 Å². The molecule has 1 unspecified atom stereocenters. The largest absolute Gasteiger partial charge is 0.330 e. The quantitative estimate of drug-likeness (QED) is 0.922. The van der Waals surface area contributed by atoms with Gasteiger partial charge in [0.2, 0.25) is 0 Å². The highest BCUT2D eigenvalue weighted by Gasteiger charge is 2.30. The van der Waals surface area contributed by atoms with Gasteiger partial charge in [0.25, 0.3) is 0 Å². The summed E-state index contributed by atoms with van der Waals surface area (Å²) in [5, 5.41) is 0. The summed E-state index contributed by atoms with van der Waals surface area (Å²) in [5.74, 6) is 0.868. The number of fused-ring (bicyclic) bond motifs is 1. The zero-order valence-corrected chi connectivity index (χ0v) is 13.0. The highest BCUT2D eigenvalue weighted by atomic mass is 79.9. The van der Waals surface area contributed by atoms with E-state index >= 15 is 0 Å². The van der Waals surface area contributed by atoms with Gasteiger partial charge < -0.3 is 5.73 Å². The summed E-state index contributed by atoms with van der Waals surface area (Å²) in [5.41, 5.74) is 8.79. The van der Waals surface area contributed by atoms with Crippen molar-refractivity contribution in [3.63, 3.8) is 0 Å². The Labute approximate surface area is 124 Å². The molecular formula is C16H23BrN2. The second kappa shape index (κ2) is 5.94. The Morgan fingerprint density at radius 3 is 2.74 bits per heavy atom. The number of benzene rings is 1. The molecule has 2 N–H and O–H groups in total. The monoisotopic (exact) mass is 322 g/mol. The Bertz CT molecular complexity index is 438. The molecule has 0 aromatic heterocycles. The van der Waals surface area contributed by atoms with Gasteiger partial charge >= 0.3 is 0 Å². The van der Waals surface area contributed by atoms with Crippen LogP contribution in [0.4, 0.5) is 0 Å². The van der Waals surface area contributed by atoms with E-state index in [0.717, 1.165) is 12.5 Å². The molecule has 3 heteroatoms. The van der Waals surface area contributed by atoms with E-state index < -0.39 is 0 Å². The van der Waals surface area contributed by atoms with Gasteiger partial charge in [0, 0.05) is 10.5 Å². The average Bonchev–Trinajstić information content (AvgIpc) is 2.83. The third-order valence-electron chi connectivity index (χ3n) is 4.82. The SMILES string of the molecule is NCCC1CCN(C2CCc3cc(Br)ccc32)CC1. The van der Waals surface area contributed by atoms with Crippen molar-refractivity contribution in [3.05, 3.63) is 33.8 Å². The first-order valence-electron chi connectivity index (χ1n) is 7.50. The average molecular weight is 323 g/mol. The maximum atomic E-state index is 5.68. The number of hydrogen-bond donors (Lipinski definition) is 1. The number of nitrogens with two attached hydrogens (primary N) is 1. The van der Waals surface area contributed by atoms with Gasteiger partial charge in [-0.2, -0.15) is 0 Å². The lowest BCUT2D eigenvalue weighted by atomic mass is 9.92. The minimum atomic E-state index is 0.668. The first-order valence-corrected chi connectivity index (χ1v) is 8.29. The summed E-state index contributed by atoms with van der Waals surface area (Å²) >= 11 is 3.58. The molecule has 1 heterocycles. The van der Waals surface area contributed by atoms with Gasteiger partial charge in [0.1, 0.15) is 0 Å². The second-order valence-electron chi connectivity index (χ2n) is 5.95. The molecule has 0 amide bonds. The lowest BCUT2D eigenvalue weighted by molar-refractivity contribution is 0.129. The van der Waals surface area contributed by atoms with Crippen LogP contribution in [0.5, 0.6) is 0 Å². The normalized spacial score (nSPS) is 24.6. The molecule has 1 aromatic rings.